The van der Waals surface area contributed by atoms with E-state index in [4.69, 9.17) is 4.42 Å². The standard InChI is InChI=1S/C20H26N2O2/c1-21(15-17-7-3-2-4-8-17)18-9-5-13-22(16-18)20(23)12-11-19-10-6-14-24-19/h2-4,6-8,10,14,18H,5,9,11-13,15-16H2,1H3. The molecular formula is C20H26N2O2. The van der Waals surface area contributed by atoms with Crippen molar-refractivity contribution in [2.45, 2.75) is 38.3 Å². The van der Waals surface area contributed by atoms with Crippen LogP contribution in [0.5, 0.6) is 0 Å². The number of furan rings is 1. The number of hydrogen-bond donors (Lipinski definition) is 0. The van der Waals surface area contributed by atoms with Crippen LogP contribution in [0.4, 0.5) is 0 Å². The van der Waals surface area contributed by atoms with Crippen molar-refractivity contribution < 1.29 is 9.21 Å². The number of hydrogen-bond acceptors (Lipinski definition) is 3. The monoisotopic (exact) mass is 326 g/mol. The van der Waals surface area contributed by atoms with Crippen LogP contribution in [0.2, 0.25) is 0 Å². The van der Waals surface area contributed by atoms with Gasteiger partial charge >= 0.3 is 0 Å². The van der Waals surface area contributed by atoms with Gasteiger partial charge in [0.15, 0.2) is 0 Å². The van der Waals surface area contributed by atoms with Gasteiger partial charge in [-0.2, -0.15) is 0 Å². The summed E-state index contributed by atoms with van der Waals surface area (Å²) >= 11 is 0. The second-order valence-electron chi connectivity index (χ2n) is 6.62. The van der Waals surface area contributed by atoms with Crippen LogP contribution >= 0.6 is 0 Å². The summed E-state index contributed by atoms with van der Waals surface area (Å²) in [6.07, 6.45) is 5.12. The predicted molar refractivity (Wildman–Crippen MR) is 94.5 cm³/mol. The number of carbonyl (C=O) groups excluding carboxylic acids is 1. The average molecular weight is 326 g/mol. The molecule has 1 aliphatic rings. The molecule has 1 atom stereocenters. The largest absolute Gasteiger partial charge is 0.469 e. The zero-order valence-corrected chi connectivity index (χ0v) is 14.4. The van der Waals surface area contributed by atoms with Crippen LogP contribution in [-0.2, 0) is 17.8 Å². The number of carbonyl (C=O) groups is 1. The van der Waals surface area contributed by atoms with E-state index in [1.54, 1.807) is 6.26 Å². The normalized spacial score (nSPS) is 18.1. The number of nitrogens with zero attached hydrogens (tertiary/aromatic N) is 2. The summed E-state index contributed by atoms with van der Waals surface area (Å²) in [5.74, 6) is 1.13. The molecule has 0 radical (unpaired) electrons. The van der Waals surface area contributed by atoms with Crippen molar-refractivity contribution in [3.05, 3.63) is 60.1 Å². The Labute approximate surface area is 144 Å². The molecule has 1 fully saturated rings. The van der Waals surface area contributed by atoms with Crippen molar-refractivity contribution in [1.82, 2.24) is 9.80 Å². The minimum atomic E-state index is 0.240. The Morgan fingerprint density at radius 1 is 1.25 bits per heavy atom. The van der Waals surface area contributed by atoms with Gasteiger partial charge in [-0.1, -0.05) is 30.3 Å². The lowest BCUT2D eigenvalue weighted by atomic mass is 10.0. The van der Waals surface area contributed by atoms with Gasteiger partial charge < -0.3 is 9.32 Å². The number of piperidine rings is 1. The highest BCUT2D eigenvalue weighted by molar-refractivity contribution is 5.76. The lowest BCUT2D eigenvalue weighted by Crippen LogP contribution is -2.48. The van der Waals surface area contributed by atoms with Gasteiger partial charge in [-0.3, -0.25) is 9.69 Å². The summed E-state index contributed by atoms with van der Waals surface area (Å²) < 4.78 is 5.32. The summed E-state index contributed by atoms with van der Waals surface area (Å²) in [7, 11) is 2.16. The average Bonchev–Trinajstić information content (AvgIpc) is 3.14. The first-order valence-corrected chi connectivity index (χ1v) is 8.76. The van der Waals surface area contributed by atoms with Crippen molar-refractivity contribution in [2.75, 3.05) is 20.1 Å². The topological polar surface area (TPSA) is 36.7 Å². The van der Waals surface area contributed by atoms with Gasteiger partial charge in [0.2, 0.25) is 5.91 Å². The maximum absolute atomic E-state index is 12.5. The van der Waals surface area contributed by atoms with Crippen LogP contribution < -0.4 is 0 Å². The van der Waals surface area contributed by atoms with Gasteiger partial charge in [-0.05, 0) is 37.6 Å². The molecule has 0 N–H and O–H groups in total. The molecule has 1 aromatic carbocycles. The summed E-state index contributed by atoms with van der Waals surface area (Å²) in [4.78, 5) is 16.9. The maximum Gasteiger partial charge on any atom is 0.223 e. The number of rotatable bonds is 6. The Bertz CT molecular complexity index is 624. The van der Waals surface area contributed by atoms with Gasteiger partial charge in [-0.25, -0.2) is 0 Å². The summed E-state index contributed by atoms with van der Waals surface area (Å²) in [6.45, 7) is 2.65. The molecule has 4 nitrogen and oxygen atoms in total. The molecule has 0 aliphatic carbocycles. The first kappa shape index (κ1) is 16.8. The first-order chi connectivity index (χ1) is 11.7. The van der Waals surface area contributed by atoms with E-state index in [1.807, 2.05) is 23.1 Å². The van der Waals surface area contributed by atoms with Crippen LogP contribution in [0.1, 0.15) is 30.6 Å². The first-order valence-electron chi connectivity index (χ1n) is 8.76. The second kappa shape index (κ2) is 8.15. The molecule has 1 unspecified atom stereocenters. The smallest absolute Gasteiger partial charge is 0.223 e. The quantitative estimate of drug-likeness (QED) is 0.817. The number of amides is 1. The predicted octanol–water partition coefficient (Wildman–Crippen LogP) is 3.34. The minimum Gasteiger partial charge on any atom is -0.469 e. The van der Waals surface area contributed by atoms with Crippen molar-refractivity contribution in [3.63, 3.8) is 0 Å². The van der Waals surface area contributed by atoms with E-state index in [1.165, 1.54) is 5.56 Å². The molecule has 24 heavy (non-hydrogen) atoms. The zero-order valence-electron chi connectivity index (χ0n) is 14.4. The van der Waals surface area contributed by atoms with E-state index in [9.17, 15) is 4.79 Å². The highest BCUT2D eigenvalue weighted by Crippen LogP contribution is 2.18. The molecule has 1 amide bonds. The molecule has 0 spiro atoms. The molecule has 3 rings (SSSR count). The van der Waals surface area contributed by atoms with E-state index < -0.39 is 0 Å². The summed E-state index contributed by atoms with van der Waals surface area (Å²) in [6, 6.07) is 14.8. The van der Waals surface area contributed by atoms with Gasteiger partial charge in [-0.15, -0.1) is 0 Å². The van der Waals surface area contributed by atoms with E-state index in [2.05, 4.69) is 36.2 Å². The molecule has 4 heteroatoms. The van der Waals surface area contributed by atoms with Crippen molar-refractivity contribution >= 4 is 5.91 Å². The third-order valence-corrected chi connectivity index (χ3v) is 4.81. The van der Waals surface area contributed by atoms with Crippen LogP contribution in [-0.4, -0.2) is 41.9 Å². The van der Waals surface area contributed by atoms with E-state index in [0.29, 0.717) is 18.9 Å². The molecule has 1 aliphatic heterocycles. The molecule has 0 bridgehead atoms. The van der Waals surface area contributed by atoms with E-state index in [0.717, 1.165) is 38.2 Å². The molecule has 2 heterocycles. The molecule has 1 saturated heterocycles. The lowest BCUT2D eigenvalue weighted by Gasteiger charge is -2.37. The van der Waals surface area contributed by atoms with Crippen LogP contribution in [0.25, 0.3) is 0 Å². The fourth-order valence-electron chi connectivity index (χ4n) is 3.38. The number of benzene rings is 1. The third kappa shape index (κ3) is 4.48. The van der Waals surface area contributed by atoms with Gasteiger partial charge in [0.25, 0.3) is 0 Å². The molecule has 0 saturated carbocycles. The van der Waals surface area contributed by atoms with Crippen molar-refractivity contribution in [2.24, 2.45) is 0 Å². The molecule has 1 aromatic heterocycles. The van der Waals surface area contributed by atoms with Crippen LogP contribution in [0.15, 0.2) is 53.1 Å². The Balaban J connectivity index is 1.50. The maximum atomic E-state index is 12.5. The third-order valence-electron chi connectivity index (χ3n) is 4.81. The Kier molecular flexibility index (Phi) is 5.70. The van der Waals surface area contributed by atoms with Gasteiger partial charge in [0.1, 0.15) is 5.76 Å². The Morgan fingerprint density at radius 3 is 2.83 bits per heavy atom. The van der Waals surface area contributed by atoms with E-state index >= 15 is 0 Å². The highest BCUT2D eigenvalue weighted by atomic mass is 16.3. The lowest BCUT2D eigenvalue weighted by molar-refractivity contribution is -0.133. The minimum absolute atomic E-state index is 0.240. The number of likely N-dealkylation sites (tertiary alicyclic amines) is 1. The van der Waals surface area contributed by atoms with Gasteiger partial charge in [0.05, 0.1) is 6.26 Å². The SMILES string of the molecule is CN(Cc1ccccc1)C1CCCN(C(=O)CCc2ccco2)C1. The molecule has 2 aromatic rings. The summed E-state index contributed by atoms with van der Waals surface area (Å²) in [5.41, 5.74) is 1.32. The summed E-state index contributed by atoms with van der Waals surface area (Å²) in [5, 5.41) is 0. The number of aryl methyl sites for hydroxylation is 1. The van der Waals surface area contributed by atoms with E-state index in [-0.39, 0.29) is 5.91 Å². The zero-order chi connectivity index (χ0) is 16.8. The van der Waals surface area contributed by atoms with Crippen molar-refractivity contribution in [1.29, 1.82) is 0 Å². The van der Waals surface area contributed by atoms with Crippen LogP contribution in [0.3, 0.4) is 0 Å². The fourth-order valence-corrected chi connectivity index (χ4v) is 3.38. The Morgan fingerprint density at radius 2 is 2.08 bits per heavy atom. The second-order valence-corrected chi connectivity index (χ2v) is 6.62. The number of likely N-dealkylation sites (N-methyl/N-ethyl adjacent to an activating group) is 1. The van der Waals surface area contributed by atoms with Gasteiger partial charge in [0, 0.05) is 38.5 Å². The van der Waals surface area contributed by atoms with Crippen LogP contribution in [0, 0.1) is 0 Å². The molecule has 128 valence electrons. The molecular weight excluding hydrogens is 300 g/mol. The Hall–Kier alpha value is -2.07. The fraction of sp³-hybridized carbons (Fsp3) is 0.450. The van der Waals surface area contributed by atoms with Crippen molar-refractivity contribution in [3.8, 4) is 0 Å². The highest BCUT2D eigenvalue weighted by Gasteiger charge is 2.26.